The van der Waals surface area contributed by atoms with Crippen molar-refractivity contribution in [2.45, 2.75) is 84.7 Å². The SMILES string of the molecule is COC(=O)CC[C@@H](C)[C@H]1CC[C@H]2[C@@H]3[C@H](O)C[C@@H]4CC(=O)CC[C@]4(C)[C@H]3CC(=O)[C@]12C. The zero-order valence-electron chi connectivity index (χ0n) is 19.0. The number of ether oxygens (including phenoxy) is 1. The van der Waals surface area contributed by atoms with Crippen LogP contribution in [0.2, 0.25) is 0 Å². The van der Waals surface area contributed by atoms with Gasteiger partial charge in [0, 0.05) is 31.1 Å². The van der Waals surface area contributed by atoms with Crippen LogP contribution >= 0.6 is 0 Å². The normalized spacial score (nSPS) is 46.6. The molecular formula is C25H38O5. The van der Waals surface area contributed by atoms with Crippen molar-refractivity contribution >= 4 is 17.5 Å². The Labute approximate surface area is 180 Å². The maximum absolute atomic E-state index is 13.7. The molecule has 1 N–H and O–H groups in total. The van der Waals surface area contributed by atoms with Crippen molar-refractivity contribution in [3.63, 3.8) is 0 Å². The number of methoxy groups -OCH3 is 1. The van der Waals surface area contributed by atoms with E-state index in [-0.39, 0.29) is 46.9 Å². The van der Waals surface area contributed by atoms with Gasteiger partial charge in [0.15, 0.2) is 0 Å². The van der Waals surface area contributed by atoms with Gasteiger partial charge in [-0.1, -0.05) is 20.8 Å². The van der Waals surface area contributed by atoms with E-state index in [1.165, 1.54) is 7.11 Å². The lowest BCUT2D eigenvalue weighted by molar-refractivity contribution is -0.177. The number of esters is 1. The molecule has 4 aliphatic carbocycles. The molecule has 0 unspecified atom stereocenters. The summed E-state index contributed by atoms with van der Waals surface area (Å²) in [6.07, 6.45) is 5.98. The zero-order valence-corrected chi connectivity index (χ0v) is 19.0. The molecule has 0 aliphatic heterocycles. The summed E-state index contributed by atoms with van der Waals surface area (Å²) in [6, 6.07) is 0. The summed E-state index contributed by atoms with van der Waals surface area (Å²) in [5.74, 6) is 1.77. The third kappa shape index (κ3) is 3.18. The average molecular weight is 419 g/mol. The highest BCUT2D eigenvalue weighted by Crippen LogP contribution is 2.67. The molecule has 4 saturated carbocycles. The van der Waals surface area contributed by atoms with Gasteiger partial charge in [-0.05, 0) is 73.0 Å². The number of Topliss-reactive ketones (excluding diaryl/α,β-unsaturated/α-hetero) is 2. The Morgan fingerprint density at radius 2 is 1.93 bits per heavy atom. The number of aliphatic hydroxyl groups excluding tert-OH is 1. The molecular weight excluding hydrogens is 380 g/mol. The molecule has 0 amide bonds. The van der Waals surface area contributed by atoms with Crippen LogP contribution in [0.15, 0.2) is 0 Å². The monoisotopic (exact) mass is 418 g/mol. The molecule has 0 spiro atoms. The largest absolute Gasteiger partial charge is 0.469 e. The van der Waals surface area contributed by atoms with E-state index in [9.17, 15) is 19.5 Å². The Kier molecular flexibility index (Phi) is 5.66. The van der Waals surface area contributed by atoms with E-state index in [1.807, 2.05) is 0 Å². The molecule has 9 atom stereocenters. The number of rotatable bonds is 4. The van der Waals surface area contributed by atoms with E-state index in [2.05, 4.69) is 20.8 Å². The molecule has 5 heteroatoms. The number of hydrogen-bond donors (Lipinski definition) is 1. The third-order valence-electron chi connectivity index (χ3n) is 10.1. The molecule has 0 aromatic carbocycles. The highest BCUT2D eigenvalue weighted by Gasteiger charge is 2.65. The second kappa shape index (κ2) is 7.72. The van der Waals surface area contributed by atoms with E-state index in [4.69, 9.17) is 4.74 Å². The Morgan fingerprint density at radius 1 is 1.20 bits per heavy atom. The number of hydrogen-bond acceptors (Lipinski definition) is 5. The first-order valence-corrected chi connectivity index (χ1v) is 11.9. The third-order valence-corrected chi connectivity index (χ3v) is 10.1. The second-order valence-electron chi connectivity index (χ2n) is 11.2. The molecule has 5 nitrogen and oxygen atoms in total. The minimum absolute atomic E-state index is 0.0105. The van der Waals surface area contributed by atoms with Gasteiger partial charge < -0.3 is 9.84 Å². The van der Waals surface area contributed by atoms with E-state index in [0.29, 0.717) is 43.7 Å². The second-order valence-corrected chi connectivity index (χ2v) is 11.2. The molecule has 0 aromatic heterocycles. The van der Waals surface area contributed by atoms with Crippen molar-refractivity contribution in [2.75, 3.05) is 7.11 Å². The summed E-state index contributed by atoms with van der Waals surface area (Å²) in [5.41, 5.74) is -0.422. The van der Waals surface area contributed by atoms with Crippen molar-refractivity contribution in [2.24, 2.45) is 46.3 Å². The molecule has 30 heavy (non-hydrogen) atoms. The summed E-state index contributed by atoms with van der Waals surface area (Å²) < 4.78 is 4.81. The number of aliphatic hydroxyl groups is 1. The van der Waals surface area contributed by atoms with Crippen LogP contribution in [0.4, 0.5) is 0 Å². The lowest BCUT2D eigenvalue weighted by Crippen LogP contribution is -2.61. The fourth-order valence-corrected chi connectivity index (χ4v) is 8.32. The molecule has 168 valence electrons. The van der Waals surface area contributed by atoms with Crippen LogP contribution in [0.5, 0.6) is 0 Å². The van der Waals surface area contributed by atoms with Crippen molar-refractivity contribution in [1.82, 2.24) is 0 Å². The number of carbonyl (C=O) groups excluding carboxylic acids is 3. The average Bonchev–Trinajstić information content (AvgIpc) is 3.06. The predicted octanol–water partition coefficient (Wildman–Crippen LogP) is 3.95. The van der Waals surface area contributed by atoms with Gasteiger partial charge in [0.2, 0.25) is 0 Å². The van der Waals surface area contributed by atoms with Gasteiger partial charge >= 0.3 is 5.97 Å². The lowest BCUT2D eigenvalue weighted by atomic mass is 9.43. The standard InChI is InChI=1S/C25H38O5/c1-14(5-8-22(29)30-4)17-6-7-18-23-19(13-21(28)25(17,18)3)24(2)10-9-16(26)11-15(24)12-20(23)27/h14-15,17-20,23,27H,5-13H2,1-4H3/t14-,15+,17-,18+,19+,20-,23+,24+,25-/m1/s1. The quantitative estimate of drug-likeness (QED) is 0.699. The summed E-state index contributed by atoms with van der Waals surface area (Å²) in [4.78, 5) is 37.4. The molecule has 4 aliphatic rings. The molecule has 0 aromatic rings. The van der Waals surface area contributed by atoms with E-state index in [1.54, 1.807) is 0 Å². The fraction of sp³-hybridized carbons (Fsp3) is 0.880. The summed E-state index contributed by atoms with van der Waals surface area (Å²) >= 11 is 0. The fourth-order valence-electron chi connectivity index (χ4n) is 8.32. The smallest absolute Gasteiger partial charge is 0.305 e. The van der Waals surface area contributed by atoms with Crippen molar-refractivity contribution < 1.29 is 24.2 Å². The Morgan fingerprint density at radius 3 is 2.63 bits per heavy atom. The van der Waals surface area contributed by atoms with Gasteiger partial charge in [-0.15, -0.1) is 0 Å². The first-order valence-electron chi connectivity index (χ1n) is 11.9. The first kappa shape index (κ1) is 22.0. The maximum Gasteiger partial charge on any atom is 0.305 e. The molecule has 4 fully saturated rings. The molecule has 4 rings (SSSR count). The first-order chi connectivity index (χ1) is 14.1. The van der Waals surface area contributed by atoms with Crippen LogP contribution in [0.1, 0.15) is 78.6 Å². The van der Waals surface area contributed by atoms with Crippen molar-refractivity contribution in [3.05, 3.63) is 0 Å². The molecule has 0 radical (unpaired) electrons. The molecule has 0 heterocycles. The van der Waals surface area contributed by atoms with E-state index in [0.717, 1.165) is 25.7 Å². The minimum atomic E-state index is -0.416. The maximum atomic E-state index is 13.7. The van der Waals surface area contributed by atoms with Crippen LogP contribution in [0.3, 0.4) is 0 Å². The van der Waals surface area contributed by atoms with Gasteiger partial charge in [0.1, 0.15) is 11.6 Å². The Bertz CT molecular complexity index is 731. The zero-order chi connectivity index (χ0) is 21.8. The van der Waals surface area contributed by atoms with Crippen LogP contribution in [-0.4, -0.2) is 35.9 Å². The Hall–Kier alpha value is -1.23. The van der Waals surface area contributed by atoms with Gasteiger partial charge in [-0.3, -0.25) is 14.4 Å². The van der Waals surface area contributed by atoms with Gasteiger partial charge in [-0.2, -0.15) is 0 Å². The van der Waals surface area contributed by atoms with E-state index >= 15 is 0 Å². The van der Waals surface area contributed by atoms with E-state index < -0.39 is 11.5 Å². The minimum Gasteiger partial charge on any atom is -0.469 e. The topological polar surface area (TPSA) is 80.7 Å². The van der Waals surface area contributed by atoms with Crippen LogP contribution in [0, 0.1) is 46.3 Å². The Balaban J connectivity index is 1.59. The molecule has 0 bridgehead atoms. The number of carbonyl (C=O) groups is 3. The number of fused-ring (bicyclic) bond motifs is 5. The summed E-state index contributed by atoms with van der Waals surface area (Å²) in [6.45, 7) is 6.60. The van der Waals surface area contributed by atoms with Crippen LogP contribution in [0.25, 0.3) is 0 Å². The lowest BCUT2D eigenvalue weighted by Gasteiger charge is -2.61. The highest BCUT2D eigenvalue weighted by molar-refractivity contribution is 5.87. The summed E-state index contributed by atoms with van der Waals surface area (Å²) in [5, 5.41) is 11.2. The summed E-state index contributed by atoms with van der Waals surface area (Å²) in [7, 11) is 1.42. The molecule has 0 saturated heterocycles. The predicted molar refractivity (Wildman–Crippen MR) is 112 cm³/mol. The van der Waals surface area contributed by atoms with Crippen molar-refractivity contribution in [3.8, 4) is 0 Å². The van der Waals surface area contributed by atoms with Crippen molar-refractivity contribution in [1.29, 1.82) is 0 Å². The van der Waals surface area contributed by atoms with Gasteiger partial charge in [0.25, 0.3) is 0 Å². The number of ketones is 2. The van der Waals surface area contributed by atoms with Crippen LogP contribution in [-0.2, 0) is 19.1 Å². The van der Waals surface area contributed by atoms with Gasteiger partial charge in [0.05, 0.1) is 13.2 Å². The van der Waals surface area contributed by atoms with Crippen LogP contribution < -0.4 is 0 Å². The highest BCUT2D eigenvalue weighted by atomic mass is 16.5. The van der Waals surface area contributed by atoms with Gasteiger partial charge in [-0.25, -0.2) is 0 Å².